The van der Waals surface area contributed by atoms with E-state index < -0.39 is 10.0 Å². The number of hydrogen-bond donors (Lipinski definition) is 1. The molecule has 1 fully saturated rings. The van der Waals surface area contributed by atoms with Gasteiger partial charge in [0.1, 0.15) is 0 Å². The predicted molar refractivity (Wildman–Crippen MR) is 86.1 cm³/mol. The Bertz CT molecular complexity index is 643. The monoisotopic (exact) mass is 342 g/mol. The second kappa shape index (κ2) is 7.26. The molecule has 0 aliphatic carbocycles. The standard InChI is InChI=1S/C15H19ClN2O3S/c1-2-9-17-15(19)12-4-3-10-18(11-12)22(20,21)14-7-5-13(16)6-8-14/h2,5-8,12H,1,3-4,9-11H2,(H,17,19)/t12-/m1/s1. The first-order valence-corrected chi connectivity index (χ1v) is 8.91. The van der Waals surface area contributed by atoms with Crippen molar-refractivity contribution in [1.29, 1.82) is 0 Å². The van der Waals surface area contributed by atoms with Crippen molar-refractivity contribution in [2.24, 2.45) is 5.92 Å². The van der Waals surface area contributed by atoms with E-state index in [1.165, 1.54) is 16.4 Å². The zero-order valence-electron chi connectivity index (χ0n) is 12.2. The molecule has 2 rings (SSSR count). The molecule has 0 spiro atoms. The Labute approximate surface area is 136 Å². The van der Waals surface area contributed by atoms with Gasteiger partial charge in [-0.25, -0.2) is 8.42 Å². The van der Waals surface area contributed by atoms with Crippen molar-refractivity contribution >= 4 is 27.5 Å². The lowest BCUT2D eigenvalue weighted by Crippen LogP contribution is -2.45. The molecule has 7 heteroatoms. The van der Waals surface area contributed by atoms with E-state index >= 15 is 0 Å². The summed E-state index contributed by atoms with van der Waals surface area (Å²) in [5.74, 6) is -0.452. The summed E-state index contributed by atoms with van der Waals surface area (Å²) in [6, 6.07) is 6.07. The number of benzene rings is 1. The second-order valence-corrected chi connectivity index (χ2v) is 7.56. The summed E-state index contributed by atoms with van der Waals surface area (Å²) < 4.78 is 26.6. The molecule has 0 radical (unpaired) electrons. The lowest BCUT2D eigenvalue weighted by Gasteiger charge is -2.31. The number of carbonyl (C=O) groups excluding carboxylic acids is 1. The fourth-order valence-electron chi connectivity index (χ4n) is 2.45. The maximum atomic E-state index is 12.6. The van der Waals surface area contributed by atoms with Gasteiger partial charge in [0.15, 0.2) is 0 Å². The number of sulfonamides is 1. The Hall–Kier alpha value is -1.37. The van der Waals surface area contributed by atoms with Crippen molar-refractivity contribution in [3.8, 4) is 0 Å². The van der Waals surface area contributed by atoms with Crippen LogP contribution in [-0.2, 0) is 14.8 Å². The van der Waals surface area contributed by atoms with Crippen LogP contribution >= 0.6 is 11.6 Å². The molecule has 5 nitrogen and oxygen atoms in total. The molecule has 0 bridgehead atoms. The zero-order valence-corrected chi connectivity index (χ0v) is 13.7. The topological polar surface area (TPSA) is 66.5 Å². The van der Waals surface area contributed by atoms with Crippen LogP contribution in [0.4, 0.5) is 0 Å². The number of rotatable bonds is 5. The molecule has 1 aliphatic rings. The van der Waals surface area contributed by atoms with Gasteiger partial charge in [0, 0.05) is 24.7 Å². The van der Waals surface area contributed by atoms with Crippen LogP contribution in [0.1, 0.15) is 12.8 Å². The van der Waals surface area contributed by atoms with Crippen LogP contribution in [0.5, 0.6) is 0 Å². The lowest BCUT2D eigenvalue weighted by atomic mass is 9.99. The van der Waals surface area contributed by atoms with Gasteiger partial charge in [0.2, 0.25) is 15.9 Å². The highest BCUT2D eigenvalue weighted by molar-refractivity contribution is 7.89. The zero-order chi connectivity index (χ0) is 16.2. The van der Waals surface area contributed by atoms with Crippen molar-refractivity contribution in [3.63, 3.8) is 0 Å². The summed E-state index contributed by atoms with van der Waals surface area (Å²) in [7, 11) is -3.59. The van der Waals surface area contributed by atoms with Crippen LogP contribution in [0, 0.1) is 5.92 Å². The first-order valence-electron chi connectivity index (χ1n) is 7.09. The quantitative estimate of drug-likeness (QED) is 0.833. The fourth-order valence-corrected chi connectivity index (χ4v) is 4.10. The third-order valence-corrected chi connectivity index (χ3v) is 5.76. The van der Waals surface area contributed by atoms with Crippen LogP contribution < -0.4 is 5.32 Å². The van der Waals surface area contributed by atoms with Gasteiger partial charge in [-0.3, -0.25) is 4.79 Å². The van der Waals surface area contributed by atoms with Crippen molar-refractivity contribution in [2.75, 3.05) is 19.6 Å². The highest BCUT2D eigenvalue weighted by atomic mass is 35.5. The molecule has 0 aromatic heterocycles. The van der Waals surface area contributed by atoms with Crippen LogP contribution in [0.25, 0.3) is 0 Å². The van der Waals surface area contributed by atoms with E-state index in [1.807, 2.05) is 0 Å². The predicted octanol–water partition coefficient (Wildman–Crippen LogP) is 2.04. The SMILES string of the molecule is C=CCNC(=O)[C@@H]1CCCN(S(=O)(=O)c2ccc(Cl)cc2)C1. The maximum Gasteiger partial charge on any atom is 0.243 e. The number of amides is 1. The van der Waals surface area contributed by atoms with Crippen LogP contribution in [0.15, 0.2) is 41.8 Å². The Balaban J connectivity index is 2.12. The van der Waals surface area contributed by atoms with E-state index in [9.17, 15) is 13.2 Å². The average molecular weight is 343 g/mol. The summed E-state index contributed by atoms with van der Waals surface area (Å²) in [6.07, 6.45) is 2.96. The molecule has 1 N–H and O–H groups in total. The molecule has 22 heavy (non-hydrogen) atoms. The minimum Gasteiger partial charge on any atom is -0.352 e. The number of halogens is 1. The van der Waals surface area contributed by atoms with Crippen LogP contribution in [-0.4, -0.2) is 38.3 Å². The van der Waals surface area contributed by atoms with E-state index in [1.54, 1.807) is 18.2 Å². The smallest absolute Gasteiger partial charge is 0.243 e. The molecule has 1 aromatic carbocycles. The van der Waals surface area contributed by atoms with Crippen molar-refractivity contribution in [3.05, 3.63) is 41.9 Å². The largest absolute Gasteiger partial charge is 0.352 e. The molecule has 1 heterocycles. The number of carbonyl (C=O) groups is 1. The molecular weight excluding hydrogens is 324 g/mol. The minimum atomic E-state index is -3.59. The van der Waals surface area contributed by atoms with Crippen molar-refractivity contribution in [2.45, 2.75) is 17.7 Å². The summed E-state index contributed by atoms with van der Waals surface area (Å²) in [5.41, 5.74) is 0. The second-order valence-electron chi connectivity index (χ2n) is 5.19. The molecule has 1 amide bonds. The van der Waals surface area contributed by atoms with E-state index in [4.69, 9.17) is 11.6 Å². The first kappa shape index (κ1) is 17.0. The molecule has 0 unspecified atom stereocenters. The van der Waals surface area contributed by atoms with Gasteiger partial charge in [-0.15, -0.1) is 6.58 Å². The number of hydrogen-bond acceptors (Lipinski definition) is 3. The molecule has 120 valence electrons. The molecule has 0 saturated carbocycles. The number of nitrogens with zero attached hydrogens (tertiary/aromatic N) is 1. The van der Waals surface area contributed by atoms with Gasteiger partial charge in [-0.2, -0.15) is 4.31 Å². The molecule has 1 saturated heterocycles. The van der Waals surface area contributed by atoms with Crippen molar-refractivity contribution < 1.29 is 13.2 Å². The number of nitrogens with one attached hydrogen (secondary N) is 1. The summed E-state index contributed by atoms with van der Waals surface area (Å²) in [6.45, 7) is 4.56. The summed E-state index contributed by atoms with van der Waals surface area (Å²) in [5, 5.41) is 3.21. The van der Waals surface area contributed by atoms with E-state index in [-0.39, 0.29) is 23.3 Å². The normalized spacial score (nSPS) is 19.6. The number of piperidine rings is 1. The Kier molecular flexibility index (Phi) is 5.61. The third kappa shape index (κ3) is 3.88. The molecular formula is C15H19ClN2O3S. The highest BCUT2D eigenvalue weighted by Crippen LogP contribution is 2.24. The Morgan fingerprint density at radius 3 is 2.73 bits per heavy atom. The Morgan fingerprint density at radius 2 is 2.09 bits per heavy atom. The maximum absolute atomic E-state index is 12.6. The van der Waals surface area contributed by atoms with Crippen LogP contribution in [0.3, 0.4) is 0 Å². The van der Waals surface area contributed by atoms with Gasteiger partial charge in [0.05, 0.1) is 10.8 Å². The van der Waals surface area contributed by atoms with E-state index in [2.05, 4.69) is 11.9 Å². The van der Waals surface area contributed by atoms with Gasteiger partial charge < -0.3 is 5.32 Å². The van der Waals surface area contributed by atoms with Gasteiger partial charge in [0.25, 0.3) is 0 Å². The van der Waals surface area contributed by atoms with Crippen LogP contribution in [0.2, 0.25) is 5.02 Å². The van der Waals surface area contributed by atoms with Gasteiger partial charge >= 0.3 is 0 Å². The fraction of sp³-hybridized carbons (Fsp3) is 0.400. The summed E-state index contributed by atoms with van der Waals surface area (Å²) in [4.78, 5) is 12.2. The first-order chi connectivity index (χ1) is 10.4. The van der Waals surface area contributed by atoms with E-state index in [0.717, 1.165) is 0 Å². The van der Waals surface area contributed by atoms with Crippen molar-refractivity contribution in [1.82, 2.24) is 9.62 Å². The van der Waals surface area contributed by atoms with Gasteiger partial charge in [-0.1, -0.05) is 17.7 Å². The van der Waals surface area contributed by atoms with E-state index in [0.29, 0.717) is 31.0 Å². The Morgan fingerprint density at radius 1 is 1.41 bits per heavy atom. The molecule has 1 atom stereocenters. The summed E-state index contributed by atoms with van der Waals surface area (Å²) >= 11 is 5.79. The third-order valence-electron chi connectivity index (χ3n) is 3.63. The average Bonchev–Trinajstić information content (AvgIpc) is 2.53. The van der Waals surface area contributed by atoms with Gasteiger partial charge in [-0.05, 0) is 37.1 Å². The lowest BCUT2D eigenvalue weighted by molar-refractivity contribution is -0.125. The minimum absolute atomic E-state index is 0.129. The highest BCUT2D eigenvalue weighted by Gasteiger charge is 2.33. The molecule has 1 aromatic rings. The molecule has 1 aliphatic heterocycles.